The summed E-state index contributed by atoms with van der Waals surface area (Å²) in [7, 11) is -3.88. The van der Waals surface area contributed by atoms with Crippen molar-refractivity contribution in [1.29, 1.82) is 5.26 Å². The Morgan fingerprint density at radius 3 is 2.56 bits per heavy atom. The van der Waals surface area contributed by atoms with Gasteiger partial charge in [-0.05, 0) is 42.5 Å². The molecule has 1 heterocycles. The van der Waals surface area contributed by atoms with Gasteiger partial charge in [-0.1, -0.05) is 18.2 Å². The van der Waals surface area contributed by atoms with Crippen molar-refractivity contribution < 1.29 is 18.3 Å². The number of nitrogens with one attached hydrogen (secondary N) is 1. The smallest absolute Gasteiger partial charge is 0.254 e. The number of carbonyl (C=O) groups is 1. The van der Waals surface area contributed by atoms with Crippen molar-refractivity contribution >= 4 is 27.3 Å². The molecular weight excluding hydrogens is 362 g/mol. The first-order valence-electron chi connectivity index (χ1n) is 7.42. The second-order valence-corrected chi connectivity index (χ2v) is 8.05. The van der Waals surface area contributed by atoms with E-state index in [1.807, 2.05) is 0 Å². The highest BCUT2D eigenvalue weighted by Crippen LogP contribution is 2.18. The van der Waals surface area contributed by atoms with Gasteiger partial charge in [-0.15, -0.1) is 11.3 Å². The summed E-state index contributed by atoms with van der Waals surface area (Å²) in [4.78, 5) is 13.5. The zero-order chi connectivity index (χ0) is 18.4. The van der Waals surface area contributed by atoms with Crippen molar-refractivity contribution in [3.05, 3.63) is 47.3 Å². The van der Waals surface area contributed by atoms with Gasteiger partial charge in [0.2, 0.25) is 0 Å². The molecule has 0 bridgehead atoms. The van der Waals surface area contributed by atoms with E-state index in [-0.39, 0.29) is 22.9 Å². The van der Waals surface area contributed by atoms with Gasteiger partial charge in [-0.2, -0.15) is 9.98 Å². The molecule has 25 heavy (non-hydrogen) atoms. The average molecular weight is 379 g/mol. The van der Waals surface area contributed by atoms with Gasteiger partial charge in [0.15, 0.2) is 6.19 Å². The Labute approximate surface area is 150 Å². The number of hydrogen-bond donors (Lipinski definition) is 2. The number of aromatic hydroxyl groups is 1. The normalized spacial score (nSPS) is 12.3. The molecule has 0 spiro atoms. The third-order valence-electron chi connectivity index (χ3n) is 3.43. The second-order valence-electron chi connectivity index (χ2n) is 5.16. The van der Waals surface area contributed by atoms with Gasteiger partial charge in [0.25, 0.3) is 15.9 Å². The molecule has 1 amide bonds. The molecule has 7 nitrogen and oxygen atoms in total. The third-order valence-corrected chi connectivity index (χ3v) is 6.30. The Balaban J connectivity index is 2.30. The van der Waals surface area contributed by atoms with E-state index < -0.39 is 22.0 Å². The number of nitrogens with zero attached hydrogens (tertiary/aromatic N) is 2. The van der Waals surface area contributed by atoms with Crippen LogP contribution in [0.15, 0.2) is 46.0 Å². The maximum absolute atomic E-state index is 12.6. The maximum atomic E-state index is 12.6. The molecular formula is C16H17N3O4S2. The fraction of sp³-hybridized carbons (Fsp3) is 0.250. The van der Waals surface area contributed by atoms with Crippen molar-refractivity contribution in [2.45, 2.75) is 23.6 Å². The summed E-state index contributed by atoms with van der Waals surface area (Å²) in [5, 5.41) is 20.0. The molecule has 0 saturated carbocycles. The van der Waals surface area contributed by atoms with E-state index in [9.17, 15) is 18.3 Å². The first kappa shape index (κ1) is 18.9. The Morgan fingerprint density at radius 1 is 1.36 bits per heavy atom. The molecule has 2 aromatic rings. The lowest BCUT2D eigenvalue weighted by molar-refractivity contribution is -0.129. The highest BCUT2D eigenvalue weighted by molar-refractivity contribution is 7.91. The molecule has 0 saturated heterocycles. The minimum atomic E-state index is -3.88. The van der Waals surface area contributed by atoms with Crippen molar-refractivity contribution in [2.75, 3.05) is 6.54 Å². The number of hydrogen-bond acceptors (Lipinski definition) is 6. The zero-order valence-electron chi connectivity index (χ0n) is 13.4. The van der Waals surface area contributed by atoms with Crippen LogP contribution in [0.1, 0.15) is 12.5 Å². The Kier molecular flexibility index (Phi) is 6.14. The fourth-order valence-electron chi connectivity index (χ4n) is 2.17. The molecule has 2 N–H and O–H groups in total. The van der Waals surface area contributed by atoms with E-state index in [1.54, 1.807) is 36.7 Å². The summed E-state index contributed by atoms with van der Waals surface area (Å²) in [6, 6.07) is 8.01. The van der Waals surface area contributed by atoms with Crippen LogP contribution in [0, 0.1) is 11.5 Å². The van der Waals surface area contributed by atoms with Gasteiger partial charge in [0.05, 0.1) is 0 Å². The summed E-state index contributed by atoms with van der Waals surface area (Å²) < 4.78 is 27.4. The van der Waals surface area contributed by atoms with Crippen molar-refractivity contribution in [2.24, 2.45) is 0 Å². The molecule has 0 aliphatic carbocycles. The number of likely N-dealkylation sites (N-methyl/N-ethyl adjacent to an activating group) is 1. The summed E-state index contributed by atoms with van der Waals surface area (Å²) in [6.45, 7) is 1.77. The molecule has 1 unspecified atom stereocenters. The predicted octanol–water partition coefficient (Wildman–Crippen LogP) is 1.67. The average Bonchev–Trinajstić information content (AvgIpc) is 3.12. The first-order chi connectivity index (χ1) is 11.9. The van der Waals surface area contributed by atoms with Crippen LogP contribution >= 0.6 is 11.3 Å². The lowest BCUT2D eigenvalue weighted by atomic mass is 10.1. The number of amides is 1. The number of rotatable bonds is 7. The SMILES string of the molecule is CCN(C#N)C(=O)C(Cc1ccc(O)cc1)NS(=O)(=O)c1cccs1. The van der Waals surface area contributed by atoms with E-state index in [4.69, 9.17) is 5.26 Å². The Morgan fingerprint density at radius 2 is 2.04 bits per heavy atom. The lowest BCUT2D eigenvalue weighted by Crippen LogP contribution is -2.48. The minimum absolute atomic E-state index is 0.0574. The number of sulfonamides is 1. The molecule has 9 heteroatoms. The van der Waals surface area contributed by atoms with E-state index in [0.717, 1.165) is 16.2 Å². The Hall–Kier alpha value is -2.41. The summed E-state index contributed by atoms with van der Waals surface area (Å²) >= 11 is 1.04. The molecule has 2 rings (SSSR count). The topological polar surface area (TPSA) is 110 Å². The van der Waals surface area contributed by atoms with Gasteiger partial charge in [-0.25, -0.2) is 13.3 Å². The predicted molar refractivity (Wildman–Crippen MR) is 93.2 cm³/mol. The van der Waals surface area contributed by atoms with Gasteiger partial charge < -0.3 is 5.11 Å². The minimum Gasteiger partial charge on any atom is -0.508 e. The first-order valence-corrected chi connectivity index (χ1v) is 9.78. The molecule has 0 fully saturated rings. The zero-order valence-corrected chi connectivity index (χ0v) is 15.0. The Bertz CT molecular complexity index is 856. The van der Waals surface area contributed by atoms with Gasteiger partial charge in [0.1, 0.15) is 16.0 Å². The van der Waals surface area contributed by atoms with Gasteiger partial charge >= 0.3 is 0 Å². The number of thiophene rings is 1. The maximum Gasteiger partial charge on any atom is 0.254 e. The largest absolute Gasteiger partial charge is 0.508 e. The van der Waals surface area contributed by atoms with Gasteiger partial charge in [0, 0.05) is 6.54 Å². The monoisotopic (exact) mass is 379 g/mol. The van der Waals surface area contributed by atoms with Crippen LogP contribution < -0.4 is 4.72 Å². The summed E-state index contributed by atoms with van der Waals surface area (Å²) in [5.41, 5.74) is 0.652. The number of benzene rings is 1. The highest BCUT2D eigenvalue weighted by Gasteiger charge is 2.29. The van der Waals surface area contributed by atoms with Crippen molar-refractivity contribution in [3.63, 3.8) is 0 Å². The molecule has 0 aliphatic heterocycles. The quantitative estimate of drug-likeness (QED) is 0.562. The molecule has 0 aliphatic rings. The van der Waals surface area contributed by atoms with E-state index in [1.165, 1.54) is 18.2 Å². The fourth-order valence-corrected chi connectivity index (χ4v) is 4.37. The van der Waals surface area contributed by atoms with Crippen LogP contribution in [0.4, 0.5) is 0 Å². The van der Waals surface area contributed by atoms with E-state index >= 15 is 0 Å². The number of nitriles is 1. The van der Waals surface area contributed by atoms with E-state index in [2.05, 4.69) is 4.72 Å². The van der Waals surface area contributed by atoms with Crippen LogP contribution in [-0.4, -0.2) is 36.9 Å². The van der Waals surface area contributed by atoms with Gasteiger partial charge in [-0.3, -0.25) is 4.79 Å². The second kappa shape index (κ2) is 8.11. The van der Waals surface area contributed by atoms with Crippen LogP contribution in [0.2, 0.25) is 0 Å². The summed E-state index contributed by atoms with van der Waals surface area (Å²) in [5.74, 6) is -0.559. The third kappa shape index (κ3) is 4.79. The van der Waals surface area contributed by atoms with Crippen molar-refractivity contribution in [3.8, 4) is 11.9 Å². The lowest BCUT2D eigenvalue weighted by Gasteiger charge is -2.21. The molecule has 1 aromatic carbocycles. The van der Waals surface area contributed by atoms with Crippen LogP contribution in [0.5, 0.6) is 5.75 Å². The van der Waals surface area contributed by atoms with Crippen LogP contribution in [-0.2, 0) is 21.2 Å². The van der Waals surface area contributed by atoms with Crippen LogP contribution in [0.25, 0.3) is 0 Å². The molecule has 1 aromatic heterocycles. The number of phenols is 1. The van der Waals surface area contributed by atoms with Crippen LogP contribution in [0.3, 0.4) is 0 Å². The molecule has 0 radical (unpaired) electrons. The standard InChI is InChI=1S/C16H17N3O4S2/c1-2-19(11-17)16(21)14(10-12-5-7-13(20)8-6-12)18-25(22,23)15-4-3-9-24-15/h3-9,14,18,20H,2,10H2,1H3. The summed E-state index contributed by atoms with van der Waals surface area (Å²) in [6.07, 6.45) is 1.82. The van der Waals surface area contributed by atoms with Crippen molar-refractivity contribution in [1.82, 2.24) is 9.62 Å². The number of phenolic OH excluding ortho intramolecular Hbond substituents is 1. The molecule has 1 atom stereocenters. The highest BCUT2D eigenvalue weighted by atomic mass is 32.2. The van der Waals surface area contributed by atoms with E-state index in [0.29, 0.717) is 5.56 Å². The number of carbonyl (C=O) groups excluding carboxylic acids is 1. The molecule has 132 valence electrons.